The Labute approximate surface area is 223 Å². The predicted molar refractivity (Wildman–Crippen MR) is 145 cm³/mol. The summed E-state index contributed by atoms with van der Waals surface area (Å²) in [6.45, 7) is 5.96. The van der Waals surface area contributed by atoms with Gasteiger partial charge >= 0.3 is 6.09 Å². The number of primary amides is 1. The molecule has 38 heavy (non-hydrogen) atoms. The molecule has 2 aromatic carbocycles. The standard InChI is InChI=1S/C29H38N4O5/c1-4-9-26(34)32-24(28(36)33-25(27(30)35)16-18(2)3)14-15-31-29(37)38-17-23-21-12-7-5-10-19(21)20-11-6-8-13-22(20)23/h5-8,10-13,18,23-25H,4,9,14-17H2,1-3H3,(H2,30,35)(H,31,37)(H,32,34)(H,33,36)/t24-,25-/m0/s1. The summed E-state index contributed by atoms with van der Waals surface area (Å²) < 4.78 is 5.54. The molecule has 2 atom stereocenters. The summed E-state index contributed by atoms with van der Waals surface area (Å²) >= 11 is 0. The van der Waals surface area contributed by atoms with Gasteiger partial charge in [-0.1, -0.05) is 69.3 Å². The van der Waals surface area contributed by atoms with Gasteiger partial charge in [0.15, 0.2) is 0 Å². The monoisotopic (exact) mass is 522 g/mol. The van der Waals surface area contributed by atoms with Crippen molar-refractivity contribution in [1.29, 1.82) is 0 Å². The predicted octanol–water partition coefficient (Wildman–Crippen LogP) is 3.22. The van der Waals surface area contributed by atoms with E-state index in [1.165, 1.54) is 0 Å². The van der Waals surface area contributed by atoms with Gasteiger partial charge in [0.25, 0.3) is 0 Å². The van der Waals surface area contributed by atoms with Crippen LogP contribution in [-0.2, 0) is 19.1 Å². The molecule has 0 saturated heterocycles. The number of hydrogen-bond acceptors (Lipinski definition) is 5. The number of nitrogens with one attached hydrogen (secondary N) is 3. The molecular weight excluding hydrogens is 484 g/mol. The molecule has 9 heteroatoms. The third kappa shape index (κ3) is 7.57. The maximum absolute atomic E-state index is 12.9. The van der Waals surface area contributed by atoms with E-state index in [1.807, 2.05) is 57.2 Å². The Morgan fingerprint density at radius 3 is 2.08 bits per heavy atom. The van der Waals surface area contributed by atoms with Crippen LogP contribution in [-0.4, -0.2) is 49.1 Å². The fourth-order valence-corrected chi connectivity index (χ4v) is 4.72. The van der Waals surface area contributed by atoms with E-state index in [4.69, 9.17) is 10.5 Å². The van der Waals surface area contributed by atoms with Crippen molar-refractivity contribution in [2.24, 2.45) is 11.7 Å². The van der Waals surface area contributed by atoms with Crippen LogP contribution in [0.25, 0.3) is 11.1 Å². The molecule has 3 rings (SSSR count). The second kappa shape index (κ2) is 13.6. The van der Waals surface area contributed by atoms with Crippen LogP contribution in [0.5, 0.6) is 0 Å². The number of rotatable bonds is 13. The van der Waals surface area contributed by atoms with Crippen molar-refractivity contribution in [1.82, 2.24) is 16.0 Å². The zero-order valence-electron chi connectivity index (χ0n) is 22.3. The van der Waals surface area contributed by atoms with Crippen LogP contribution in [0.2, 0.25) is 0 Å². The molecule has 0 unspecified atom stereocenters. The van der Waals surface area contributed by atoms with Crippen LogP contribution >= 0.6 is 0 Å². The van der Waals surface area contributed by atoms with E-state index in [-0.39, 0.29) is 43.7 Å². The molecule has 0 radical (unpaired) electrons. The van der Waals surface area contributed by atoms with Gasteiger partial charge in [-0.15, -0.1) is 0 Å². The molecule has 0 heterocycles. The van der Waals surface area contributed by atoms with Gasteiger partial charge in [-0.2, -0.15) is 0 Å². The highest BCUT2D eigenvalue weighted by Gasteiger charge is 2.29. The molecule has 0 aliphatic heterocycles. The lowest BCUT2D eigenvalue weighted by molar-refractivity contribution is -0.131. The van der Waals surface area contributed by atoms with Gasteiger partial charge in [0, 0.05) is 18.9 Å². The van der Waals surface area contributed by atoms with E-state index in [1.54, 1.807) is 0 Å². The second-order valence-electron chi connectivity index (χ2n) is 10.0. The van der Waals surface area contributed by atoms with E-state index < -0.39 is 30.0 Å². The number of hydrogen-bond donors (Lipinski definition) is 4. The number of ether oxygens (including phenoxy) is 1. The fourth-order valence-electron chi connectivity index (χ4n) is 4.72. The van der Waals surface area contributed by atoms with Crippen molar-refractivity contribution < 1.29 is 23.9 Å². The lowest BCUT2D eigenvalue weighted by atomic mass is 9.98. The van der Waals surface area contributed by atoms with Crippen LogP contribution in [0.15, 0.2) is 48.5 Å². The number of carbonyl (C=O) groups is 4. The number of nitrogens with two attached hydrogens (primary N) is 1. The average molecular weight is 523 g/mol. The van der Waals surface area contributed by atoms with E-state index in [0.717, 1.165) is 22.3 Å². The third-order valence-electron chi connectivity index (χ3n) is 6.54. The Morgan fingerprint density at radius 1 is 0.921 bits per heavy atom. The maximum atomic E-state index is 12.9. The Balaban J connectivity index is 1.56. The van der Waals surface area contributed by atoms with Crippen molar-refractivity contribution >= 4 is 23.8 Å². The summed E-state index contributed by atoms with van der Waals surface area (Å²) in [4.78, 5) is 49.4. The lowest BCUT2D eigenvalue weighted by Gasteiger charge is -2.23. The highest BCUT2D eigenvalue weighted by molar-refractivity contribution is 5.91. The summed E-state index contributed by atoms with van der Waals surface area (Å²) in [7, 11) is 0. The number of fused-ring (bicyclic) bond motifs is 3. The Hall–Kier alpha value is -3.88. The van der Waals surface area contributed by atoms with Crippen LogP contribution in [0, 0.1) is 5.92 Å². The van der Waals surface area contributed by atoms with Gasteiger partial charge in [0.05, 0.1) is 0 Å². The van der Waals surface area contributed by atoms with Crippen molar-refractivity contribution in [2.75, 3.05) is 13.2 Å². The first-order valence-corrected chi connectivity index (χ1v) is 13.2. The number of amides is 4. The molecule has 2 aromatic rings. The SMILES string of the molecule is CCCC(=O)N[C@@H](CCNC(=O)OCC1c2ccccc2-c2ccccc21)C(=O)N[C@@H](CC(C)C)C(N)=O. The van der Waals surface area contributed by atoms with Crippen LogP contribution < -0.4 is 21.7 Å². The van der Waals surface area contributed by atoms with Crippen molar-refractivity contribution in [2.45, 2.75) is 64.5 Å². The van der Waals surface area contributed by atoms with Crippen molar-refractivity contribution in [3.63, 3.8) is 0 Å². The van der Waals surface area contributed by atoms with E-state index in [2.05, 4.69) is 28.1 Å². The summed E-state index contributed by atoms with van der Waals surface area (Å²) in [5.41, 5.74) is 9.96. The summed E-state index contributed by atoms with van der Waals surface area (Å²) in [6, 6.07) is 14.4. The number of alkyl carbamates (subject to hydrolysis) is 1. The van der Waals surface area contributed by atoms with Gasteiger partial charge in [-0.3, -0.25) is 14.4 Å². The largest absolute Gasteiger partial charge is 0.449 e. The van der Waals surface area contributed by atoms with Crippen LogP contribution in [0.4, 0.5) is 4.79 Å². The topological polar surface area (TPSA) is 140 Å². The van der Waals surface area contributed by atoms with E-state index >= 15 is 0 Å². The highest BCUT2D eigenvalue weighted by atomic mass is 16.5. The smallest absolute Gasteiger partial charge is 0.407 e. The molecule has 0 bridgehead atoms. The molecule has 0 spiro atoms. The minimum absolute atomic E-state index is 0.0632. The highest BCUT2D eigenvalue weighted by Crippen LogP contribution is 2.44. The zero-order valence-corrected chi connectivity index (χ0v) is 22.3. The van der Waals surface area contributed by atoms with Gasteiger partial charge in [-0.25, -0.2) is 4.79 Å². The molecular formula is C29H38N4O5. The summed E-state index contributed by atoms with van der Waals surface area (Å²) in [6.07, 6.45) is 0.776. The molecule has 4 amide bonds. The fraction of sp³-hybridized carbons (Fsp3) is 0.448. The quantitative estimate of drug-likeness (QED) is 0.320. The Kier molecular flexibility index (Phi) is 10.3. The molecule has 204 valence electrons. The van der Waals surface area contributed by atoms with E-state index in [0.29, 0.717) is 12.8 Å². The second-order valence-corrected chi connectivity index (χ2v) is 10.0. The average Bonchev–Trinajstić information content (AvgIpc) is 3.20. The molecule has 1 aliphatic rings. The van der Waals surface area contributed by atoms with Crippen LogP contribution in [0.1, 0.15) is 63.5 Å². The third-order valence-corrected chi connectivity index (χ3v) is 6.54. The molecule has 0 saturated carbocycles. The minimum atomic E-state index is -0.933. The molecule has 1 aliphatic carbocycles. The normalized spacial score (nSPS) is 13.7. The number of benzene rings is 2. The van der Waals surface area contributed by atoms with Gasteiger partial charge < -0.3 is 26.4 Å². The zero-order chi connectivity index (χ0) is 27.7. The Bertz CT molecular complexity index is 1100. The van der Waals surface area contributed by atoms with Gasteiger partial charge in [-0.05, 0) is 47.4 Å². The number of carbonyl (C=O) groups excluding carboxylic acids is 4. The Morgan fingerprint density at radius 2 is 1.53 bits per heavy atom. The molecule has 9 nitrogen and oxygen atoms in total. The van der Waals surface area contributed by atoms with Crippen molar-refractivity contribution in [3.8, 4) is 11.1 Å². The van der Waals surface area contributed by atoms with Gasteiger partial charge in [0.2, 0.25) is 17.7 Å². The first-order chi connectivity index (χ1) is 18.2. The molecule has 5 N–H and O–H groups in total. The van der Waals surface area contributed by atoms with E-state index in [9.17, 15) is 19.2 Å². The summed E-state index contributed by atoms with van der Waals surface area (Å²) in [5, 5.41) is 8.00. The first kappa shape index (κ1) is 28.7. The first-order valence-electron chi connectivity index (χ1n) is 13.2. The van der Waals surface area contributed by atoms with Crippen LogP contribution in [0.3, 0.4) is 0 Å². The van der Waals surface area contributed by atoms with Crippen molar-refractivity contribution in [3.05, 3.63) is 59.7 Å². The molecule has 0 fully saturated rings. The minimum Gasteiger partial charge on any atom is -0.449 e. The lowest BCUT2D eigenvalue weighted by Crippen LogP contribution is -2.54. The van der Waals surface area contributed by atoms with Gasteiger partial charge in [0.1, 0.15) is 18.7 Å². The molecule has 0 aromatic heterocycles. The maximum Gasteiger partial charge on any atom is 0.407 e. The summed E-state index contributed by atoms with van der Waals surface area (Å²) in [5.74, 6) is -1.37.